The van der Waals surface area contributed by atoms with Crippen LogP contribution in [-0.4, -0.2) is 16.5 Å². The molecule has 0 fully saturated rings. The Hall–Kier alpha value is -1.77. The Morgan fingerprint density at radius 2 is 2.00 bits per heavy atom. The maximum Gasteiger partial charge on any atom is 0.240 e. The molecule has 0 spiro atoms. The van der Waals surface area contributed by atoms with Gasteiger partial charge in [-0.2, -0.15) is 0 Å². The SMILES string of the molecule is CCC(C)NC(=O)Cn1ccc2cc(C(C)C)ccc21. The average molecular weight is 272 g/mol. The summed E-state index contributed by atoms with van der Waals surface area (Å²) in [6.07, 6.45) is 2.95. The molecule has 0 saturated heterocycles. The first kappa shape index (κ1) is 14.6. The number of aromatic nitrogens is 1. The van der Waals surface area contributed by atoms with Crippen molar-refractivity contribution in [3.05, 3.63) is 36.0 Å². The third-order valence-electron chi connectivity index (χ3n) is 3.80. The molecule has 0 aliphatic carbocycles. The van der Waals surface area contributed by atoms with Gasteiger partial charge in [-0.3, -0.25) is 4.79 Å². The van der Waals surface area contributed by atoms with Gasteiger partial charge in [0.2, 0.25) is 5.91 Å². The fraction of sp³-hybridized carbons (Fsp3) is 0.471. The molecule has 1 N–H and O–H groups in total. The topological polar surface area (TPSA) is 34.0 Å². The summed E-state index contributed by atoms with van der Waals surface area (Å²) in [6, 6.07) is 8.79. The lowest BCUT2D eigenvalue weighted by Gasteiger charge is -2.12. The van der Waals surface area contributed by atoms with E-state index in [9.17, 15) is 4.79 Å². The minimum atomic E-state index is 0.0739. The van der Waals surface area contributed by atoms with Crippen LogP contribution in [0.2, 0.25) is 0 Å². The summed E-state index contributed by atoms with van der Waals surface area (Å²) in [6.45, 7) is 8.87. The summed E-state index contributed by atoms with van der Waals surface area (Å²) in [5, 5.41) is 4.20. The van der Waals surface area contributed by atoms with E-state index in [1.165, 1.54) is 10.9 Å². The third-order valence-corrected chi connectivity index (χ3v) is 3.80. The summed E-state index contributed by atoms with van der Waals surface area (Å²) < 4.78 is 2.01. The zero-order valence-corrected chi connectivity index (χ0v) is 12.8. The highest BCUT2D eigenvalue weighted by Crippen LogP contribution is 2.22. The Labute approximate surface area is 121 Å². The molecular weight excluding hydrogens is 248 g/mol. The molecule has 0 bridgehead atoms. The Morgan fingerprint density at radius 1 is 1.25 bits per heavy atom. The number of benzene rings is 1. The number of carbonyl (C=O) groups is 1. The van der Waals surface area contributed by atoms with Crippen molar-refractivity contribution < 1.29 is 4.79 Å². The predicted molar refractivity (Wildman–Crippen MR) is 83.9 cm³/mol. The molecule has 0 saturated carbocycles. The van der Waals surface area contributed by atoms with Crippen LogP contribution >= 0.6 is 0 Å². The fourth-order valence-electron chi connectivity index (χ4n) is 2.29. The third kappa shape index (κ3) is 3.21. The van der Waals surface area contributed by atoms with E-state index >= 15 is 0 Å². The van der Waals surface area contributed by atoms with Gasteiger partial charge in [-0.1, -0.05) is 26.8 Å². The number of nitrogens with zero attached hydrogens (tertiary/aromatic N) is 1. The van der Waals surface area contributed by atoms with E-state index in [1.54, 1.807) is 0 Å². The minimum absolute atomic E-state index is 0.0739. The Kier molecular flexibility index (Phi) is 4.48. The van der Waals surface area contributed by atoms with E-state index in [4.69, 9.17) is 0 Å². The number of amides is 1. The highest BCUT2D eigenvalue weighted by molar-refractivity contribution is 5.84. The molecule has 1 aromatic carbocycles. The molecule has 1 unspecified atom stereocenters. The van der Waals surface area contributed by atoms with E-state index in [0.717, 1.165) is 11.9 Å². The van der Waals surface area contributed by atoms with Crippen LogP contribution in [-0.2, 0) is 11.3 Å². The fourth-order valence-corrected chi connectivity index (χ4v) is 2.29. The molecule has 3 heteroatoms. The first-order valence-corrected chi connectivity index (χ1v) is 7.39. The molecule has 1 heterocycles. The van der Waals surface area contributed by atoms with Crippen LogP contribution in [0.15, 0.2) is 30.5 Å². The molecule has 0 aliphatic rings. The van der Waals surface area contributed by atoms with E-state index in [-0.39, 0.29) is 11.9 Å². The van der Waals surface area contributed by atoms with E-state index in [2.05, 4.69) is 50.4 Å². The highest BCUT2D eigenvalue weighted by atomic mass is 16.2. The van der Waals surface area contributed by atoms with Crippen molar-refractivity contribution in [2.75, 3.05) is 0 Å². The van der Waals surface area contributed by atoms with Crippen molar-refractivity contribution in [2.24, 2.45) is 0 Å². The molecule has 2 aromatic rings. The van der Waals surface area contributed by atoms with E-state index in [0.29, 0.717) is 12.5 Å². The molecule has 20 heavy (non-hydrogen) atoms. The maximum atomic E-state index is 12.0. The monoisotopic (exact) mass is 272 g/mol. The number of carbonyl (C=O) groups excluding carboxylic acids is 1. The number of nitrogens with one attached hydrogen (secondary N) is 1. The lowest BCUT2D eigenvalue weighted by atomic mass is 10.0. The van der Waals surface area contributed by atoms with Crippen LogP contribution in [0.1, 0.15) is 45.6 Å². The van der Waals surface area contributed by atoms with Crippen LogP contribution in [0.5, 0.6) is 0 Å². The van der Waals surface area contributed by atoms with Crippen molar-refractivity contribution in [3.63, 3.8) is 0 Å². The van der Waals surface area contributed by atoms with Gasteiger partial charge in [0.25, 0.3) is 0 Å². The van der Waals surface area contributed by atoms with Gasteiger partial charge < -0.3 is 9.88 Å². The van der Waals surface area contributed by atoms with Gasteiger partial charge in [0.1, 0.15) is 6.54 Å². The smallest absolute Gasteiger partial charge is 0.240 e. The quantitative estimate of drug-likeness (QED) is 0.885. The van der Waals surface area contributed by atoms with Crippen LogP contribution in [0, 0.1) is 0 Å². The molecule has 2 rings (SSSR count). The lowest BCUT2D eigenvalue weighted by molar-refractivity contribution is -0.122. The van der Waals surface area contributed by atoms with Crippen molar-refractivity contribution in [1.82, 2.24) is 9.88 Å². The van der Waals surface area contributed by atoms with Crippen molar-refractivity contribution >= 4 is 16.8 Å². The Bertz CT molecular complexity index is 598. The van der Waals surface area contributed by atoms with Crippen molar-refractivity contribution in [3.8, 4) is 0 Å². The summed E-state index contributed by atoms with van der Waals surface area (Å²) in [5.41, 5.74) is 2.45. The Morgan fingerprint density at radius 3 is 2.65 bits per heavy atom. The van der Waals surface area contributed by atoms with Crippen molar-refractivity contribution in [2.45, 2.75) is 52.6 Å². The van der Waals surface area contributed by atoms with Crippen LogP contribution in [0.25, 0.3) is 10.9 Å². The van der Waals surface area contributed by atoms with E-state index < -0.39 is 0 Å². The number of fused-ring (bicyclic) bond motifs is 1. The maximum absolute atomic E-state index is 12.0. The lowest BCUT2D eigenvalue weighted by Crippen LogP contribution is -2.34. The average Bonchev–Trinajstić information content (AvgIpc) is 2.80. The first-order chi connectivity index (χ1) is 9.51. The molecule has 108 valence electrons. The van der Waals surface area contributed by atoms with Gasteiger partial charge in [-0.15, -0.1) is 0 Å². The van der Waals surface area contributed by atoms with Gasteiger partial charge in [-0.25, -0.2) is 0 Å². The summed E-state index contributed by atoms with van der Waals surface area (Å²) in [4.78, 5) is 12.0. The zero-order valence-electron chi connectivity index (χ0n) is 12.8. The van der Waals surface area contributed by atoms with Gasteiger partial charge in [0.15, 0.2) is 0 Å². The van der Waals surface area contributed by atoms with Crippen LogP contribution < -0.4 is 5.32 Å². The number of hydrogen-bond donors (Lipinski definition) is 1. The molecular formula is C17H24N2O. The summed E-state index contributed by atoms with van der Waals surface area (Å²) in [5.74, 6) is 0.598. The molecule has 0 radical (unpaired) electrons. The van der Waals surface area contributed by atoms with Crippen molar-refractivity contribution in [1.29, 1.82) is 0 Å². The van der Waals surface area contributed by atoms with Gasteiger partial charge >= 0.3 is 0 Å². The Balaban J connectivity index is 2.17. The second kappa shape index (κ2) is 6.12. The molecule has 1 aromatic heterocycles. The summed E-state index contributed by atoms with van der Waals surface area (Å²) >= 11 is 0. The second-order valence-corrected chi connectivity index (χ2v) is 5.79. The molecule has 3 nitrogen and oxygen atoms in total. The second-order valence-electron chi connectivity index (χ2n) is 5.79. The molecule has 1 amide bonds. The van der Waals surface area contributed by atoms with Crippen LogP contribution in [0.4, 0.5) is 0 Å². The highest BCUT2D eigenvalue weighted by Gasteiger charge is 2.09. The predicted octanol–water partition coefficient (Wildman–Crippen LogP) is 3.68. The molecule has 1 atom stereocenters. The number of hydrogen-bond acceptors (Lipinski definition) is 1. The van der Waals surface area contributed by atoms with Gasteiger partial charge in [0.05, 0.1) is 0 Å². The number of rotatable bonds is 5. The molecule has 0 aliphatic heterocycles. The standard InChI is InChI=1S/C17H24N2O/c1-5-13(4)18-17(20)11-19-9-8-15-10-14(12(2)3)6-7-16(15)19/h6-10,12-13H,5,11H2,1-4H3,(H,18,20). The minimum Gasteiger partial charge on any atom is -0.352 e. The zero-order chi connectivity index (χ0) is 14.7. The van der Waals surface area contributed by atoms with Gasteiger partial charge in [0, 0.05) is 17.8 Å². The van der Waals surface area contributed by atoms with E-state index in [1.807, 2.05) is 17.7 Å². The largest absolute Gasteiger partial charge is 0.352 e. The van der Waals surface area contributed by atoms with Gasteiger partial charge in [-0.05, 0) is 48.4 Å². The summed E-state index contributed by atoms with van der Waals surface area (Å²) in [7, 11) is 0. The first-order valence-electron chi connectivity index (χ1n) is 7.39. The van der Waals surface area contributed by atoms with Crippen LogP contribution in [0.3, 0.4) is 0 Å². The normalized spacial score (nSPS) is 12.8.